The molecule has 1 aliphatic carbocycles. The van der Waals surface area contributed by atoms with Crippen LogP contribution in [0.5, 0.6) is 11.5 Å². The van der Waals surface area contributed by atoms with Crippen LogP contribution in [0.1, 0.15) is 60.0 Å². The number of amides is 1. The summed E-state index contributed by atoms with van der Waals surface area (Å²) in [7, 11) is 1.64. The molecule has 0 aromatic heterocycles. The highest BCUT2D eigenvalue weighted by molar-refractivity contribution is 5.97. The minimum absolute atomic E-state index is 0.0248. The number of likely N-dealkylation sites (tertiary alicyclic amines) is 1. The van der Waals surface area contributed by atoms with E-state index in [0.29, 0.717) is 23.6 Å². The first-order valence-electron chi connectivity index (χ1n) is 12.2. The van der Waals surface area contributed by atoms with E-state index in [1.165, 1.54) is 36.8 Å². The third kappa shape index (κ3) is 4.49. The summed E-state index contributed by atoms with van der Waals surface area (Å²) in [6.45, 7) is 3.56. The highest BCUT2D eigenvalue weighted by Gasteiger charge is 2.30. The van der Waals surface area contributed by atoms with Crippen molar-refractivity contribution in [2.75, 3.05) is 26.7 Å². The largest absolute Gasteiger partial charge is 0.497 e. The van der Waals surface area contributed by atoms with Gasteiger partial charge in [-0.2, -0.15) is 0 Å². The van der Waals surface area contributed by atoms with Crippen LogP contribution in [0.15, 0.2) is 42.5 Å². The second kappa shape index (κ2) is 9.53. The quantitative estimate of drug-likeness (QED) is 0.685. The van der Waals surface area contributed by atoms with Crippen molar-refractivity contribution in [3.63, 3.8) is 0 Å². The molecule has 2 aromatic carbocycles. The van der Waals surface area contributed by atoms with E-state index in [0.717, 1.165) is 44.9 Å². The van der Waals surface area contributed by atoms with Gasteiger partial charge in [-0.15, -0.1) is 0 Å². The molecule has 170 valence electrons. The Labute approximate surface area is 191 Å². The van der Waals surface area contributed by atoms with Gasteiger partial charge in [0.05, 0.1) is 12.7 Å². The number of carbonyl (C=O) groups is 1. The summed E-state index contributed by atoms with van der Waals surface area (Å²) in [5.41, 5.74) is 3.19. The lowest BCUT2D eigenvalue weighted by Crippen LogP contribution is -2.43. The van der Waals surface area contributed by atoms with Gasteiger partial charge in [-0.1, -0.05) is 37.1 Å². The smallest absolute Gasteiger partial charge is 0.258 e. The number of ether oxygens (including phenoxy) is 2. The van der Waals surface area contributed by atoms with Gasteiger partial charge < -0.3 is 19.3 Å². The standard InChI is InChI=1S/C27H34N2O3/c1-31-24-10-11-26(32-23-13-16-28(17-14-23)22-8-4-5-9-22)25(18-24)27(30)29-15-12-20-6-2-3-7-21(20)19-29/h2-3,6-7,10-11,18,22-23H,4-5,8-9,12-17,19H2,1H3. The first-order chi connectivity index (χ1) is 15.7. The van der Waals surface area contributed by atoms with Crippen molar-refractivity contribution >= 4 is 5.91 Å². The van der Waals surface area contributed by atoms with Crippen molar-refractivity contribution < 1.29 is 14.3 Å². The zero-order valence-electron chi connectivity index (χ0n) is 19.1. The maximum Gasteiger partial charge on any atom is 0.258 e. The number of methoxy groups -OCH3 is 1. The van der Waals surface area contributed by atoms with Crippen LogP contribution in [0.3, 0.4) is 0 Å². The highest BCUT2D eigenvalue weighted by atomic mass is 16.5. The Bertz CT molecular complexity index is 946. The minimum Gasteiger partial charge on any atom is -0.497 e. The first kappa shape index (κ1) is 21.3. The predicted octanol–water partition coefficient (Wildman–Crippen LogP) is 4.68. The van der Waals surface area contributed by atoms with Crippen molar-refractivity contribution in [2.45, 2.75) is 63.6 Å². The van der Waals surface area contributed by atoms with Gasteiger partial charge >= 0.3 is 0 Å². The fourth-order valence-corrected chi connectivity index (χ4v) is 5.55. The van der Waals surface area contributed by atoms with E-state index < -0.39 is 0 Å². The van der Waals surface area contributed by atoms with Gasteiger partial charge in [-0.3, -0.25) is 4.79 Å². The summed E-state index contributed by atoms with van der Waals surface area (Å²) in [4.78, 5) is 18.1. The Hall–Kier alpha value is -2.53. The normalized spacial score (nSPS) is 20.2. The average molecular weight is 435 g/mol. The molecule has 2 aliphatic heterocycles. The number of nitrogens with zero attached hydrogens (tertiary/aromatic N) is 2. The Kier molecular flexibility index (Phi) is 6.35. The van der Waals surface area contributed by atoms with Crippen LogP contribution >= 0.6 is 0 Å². The van der Waals surface area contributed by atoms with Crippen LogP contribution < -0.4 is 9.47 Å². The topological polar surface area (TPSA) is 42.0 Å². The number of carbonyl (C=O) groups excluding carboxylic acids is 1. The third-order valence-corrected chi connectivity index (χ3v) is 7.45. The van der Waals surface area contributed by atoms with E-state index in [4.69, 9.17) is 9.47 Å². The summed E-state index contributed by atoms with van der Waals surface area (Å²) in [5.74, 6) is 1.40. The molecule has 3 aliphatic rings. The average Bonchev–Trinajstić information content (AvgIpc) is 3.39. The molecule has 1 amide bonds. The minimum atomic E-state index is 0.0248. The molecule has 0 spiro atoms. The molecule has 32 heavy (non-hydrogen) atoms. The summed E-state index contributed by atoms with van der Waals surface area (Å²) >= 11 is 0. The van der Waals surface area contributed by atoms with Crippen LogP contribution in [0, 0.1) is 0 Å². The molecule has 5 rings (SSSR count). The number of rotatable bonds is 5. The number of fused-ring (bicyclic) bond motifs is 1. The molecule has 5 nitrogen and oxygen atoms in total. The van der Waals surface area contributed by atoms with Crippen LogP contribution in [-0.2, 0) is 13.0 Å². The Balaban J connectivity index is 1.29. The van der Waals surface area contributed by atoms with E-state index in [1.807, 2.05) is 29.2 Å². The maximum absolute atomic E-state index is 13.5. The van der Waals surface area contributed by atoms with E-state index in [-0.39, 0.29) is 12.0 Å². The summed E-state index contributed by atoms with van der Waals surface area (Å²) < 4.78 is 11.9. The van der Waals surface area contributed by atoms with Crippen molar-refractivity contribution in [1.82, 2.24) is 9.80 Å². The third-order valence-electron chi connectivity index (χ3n) is 7.45. The summed E-state index contributed by atoms with van der Waals surface area (Å²) in [5, 5.41) is 0. The molecule has 0 unspecified atom stereocenters. The van der Waals surface area contributed by atoms with E-state index in [9.17, 15) is 4.79 Å². The molecule has 0 bridgehead atoms. The van der Waals surface area contributed by atoms with Crippen LogP contribution in [0.4, 0.5) is 0 Å². The molecular weight excluding hydrogens is 400 g/mol. The van der Waals surface area contributed by atoms with Gasteiger partial charge in [0.25, 0.3) is 5.91 Å². The van der Waals surface area contributed by atoms with Crippen molar-refractivity contribution in [1.29, 1.82) is 0 Å². The molecule has 0 N–H and O–H groups in total. The number of hydrogen-bond acceptors (Lipinski definition) is 4. The molecule has 2 heterocycles. The van der Waals surface area contributed by atoms with E-state index in [1.54, 1.807) is 7.11 Å². The lowest BCUT2D eigenvalue weighted by molar-refractivity contribution is 0.0681. The van der Waals surface area contributed by atoms with Crippen molar-refractivity contribution in [2.24, 2.45) is 0 Å². The van der Waals surface area contributed by atoms with Crippen LogP contribution in [-0.4, -0.2) is 54.6 Å². The van der Waals surface area contributed by atoms with Gasteiger partial charge in [-0.05, 0) is 61.4 Å². The van der Waals surface area contributed by atoms with Gasteiger partial charge in [0, 0.05) is 32.2 Å². The summed E-state index contributed by atoms with van der Waals surface area (Å²) in [6.07, 6.45) is 8.54. The van der Waals surface area contributed by atoms with Gasteiger partial charge in [0.2, 0.25) is 0 Å². The monoisotopic (exact) mass is 434 g/mol. The Morgan fingerprint density at radius 1 is 0.938 bits per heavy atom. The number of benzene rings is 2. The van der Waals surface area contributed by atoms with Gasteiger partial charge in [0.15, 0.2) is 0 Å². The van der Waals surface area contributed by atoms with E-state index in [2.05, 4.69) is 23.1 Å². The fraction of sp³-hybridized carbons (Fsp3) is 0.519. The van der Waals surface area contributed by atoms with Crippen LogP contribution in [0.25, 0.3) is 0 Å². The Morgan fingerprint density at radius 2 is 1.69 bits per heavy atom. The van der Waals surface area contributed by atoms with Crippen molar-refractivity contribution in [3.8, 4) is 11.5 Å². The summed E-state index contributed by atoms with van der Waals surface area (Å²) in [6, 6.07) is 14.8. The maximum atomic E-state index is 13.5. The molecule has 2 fully saturated rings. The molecule has 5 heteroatoms. The molecule has 0 atom stereocenters. The molecule has 1 saturated heterocycles. The first-order valence-corrected chi connectivity index (χ1v) is 12.2. The molecule has 1 saturated carbocycles. The number of hydrogen-bond donors (Lipinski definition) is 0. The lowest BCUT2D eigenvalue weighted by Gasteiger charge is -2.36. The highest BCUT2D eigenvalue weighted by Crippen LogP contribution is 2.31. The molecular formula is C27H34N2O3. The fourth-order valence-electron chi connectivity index (χ4n) is 5.55. The SMILES string of the molecule is COc1ccc(OC2CCN(C3CCCC3)CC2)c(C(=O)N2CCc3ccccc3C2)c1. The van der Waals surface area contributed by atoms with E-state index >= 15 is 0 Å². The Morgan fingerprint density at radius 3 is 2.44 bits per heavy atom. The van der Waals surface area contributed by atoms with Crippen molar-refractivity contribution in [3.05, 3.63) is 59.2 Å². The zero-order chi connectivity index (χ0) is 21.9. The second-order valence-corrected chi connectivity index (χ2v) is 9.40. The van der Waals surface area contributed by atoms with Gasteiger partial charge in [-0.25, -0.2) is 0 Å². The number of piperidine rings is 1. The van der Waals surface area contributed by atoms with Gasteiger partial charge in [0.1, 0.15) is 17.6 Å². The molecule has 0 radical (unpaired) electrons. The zero-order valence-corrected chi connectivity index (χ0v) is 19.1. The molecule has 2 aromatic rings. The lowest BCUT2D eigenvalue weighted by atomic mass is 9.99. The second-order valence-electron chi connectivity index (χ2n) is 9.40. The van der Waals surface area contributed by atoms with Crippen LogP contribution in [0.2, 0.25) is 0 Å². The predicted molar refractivity (Wildman–Crippen MR) is 125 cm³/mol.